The number of carboxylic acids is 1. The Morgan fingerprint density at radius 1 is 1.20 bits per heavy atom. The highest BCUT2D eigenvalue weighted by molar-refractivity contribution is 5.84. The van der Waals surface area contributed by atoms with Crippen LogP contribution in [0.15, 0.2) is 0 Å². The minimum absolute atomic E-state index is 0.00141. The second kappa shape index (κ2) is 7.07. The van der Waals surface area contributed by atoms with Gasteiger partial charge in [-0.15, -0.1) is 0 Å². The molecule has 1 aliphatic carbocycles. The summed E-state index contributed by atoms with van der Waals surface area (Å²) in [4.78, 5) is 23.3. The van der Waals surface area contributed by atoms with Crippen LogP contribution in [-0.2, 0) is 9.59 Å². The SMILES string of the molecule is CC(C)(C)CC(O)CNC(=O)[C@@H]1CCCC[C@@H]1C(=O)O. The maximum Gasteiger partial charge on any atom is 0.307 e. The minimum atomic E-state index is -0.889. The molecular weight excluding hydrogens is 258 g/mol. The lowest BCUT2D eigenvalue weighted by Gasteiger charge is -2.28. The van der Waals surface area contributed by atoms with Gasteiger partial charge in [-0.05, 0) is 24.7 Å². The molecule has 3 atom stereocenters. The lowest BCUT2D eigenvalue weighted by Crippen LogP contribution is -2.42. The fourth-order valence-electron chi connectivity index (χ4n) is 2.87. The predicted octanol–water partition coefficient (Wildman–Crippen LogP) is 1.79. The molecule has 116 valence electrons. The highest BCUT2D eigenvalue weighted by Gasteiger charge is 2.35. The van der Waals surface area contributed by atoms with Gasteiger partial charge < -0.3 is 15.5 Å². The van der Waals surface area contributed by atoms with Crippen LogP contribution in [-0.4, -0.2) is 34.7 Å². The van der Waals surface area contributed by atoms with Crippen molar-refractivity contribution in [2.75, 3.05) is 6.54 Å². The van der Waals surface area contributed by atoms with Gasteiger partial charge in [0.05, 0.1) is 17.9 Å². The van der Waals surface area contributed by atoms with Gasteiger partial charge in [-0.1, -0.05) is 33.6 Å². The van der Waals surface area contributed by atoms with Gasteiger partial charge in [0.25, 0.3) is 0 Å². The molecule has 0 spiro atoms. The fraction of sp³-hybridized carbons (Fsp3) is 0.867. The van der Waals surface area contributed by atoms with Gasteiger partial charge in [0.1, 0.15) is 0 Å². The van der Waals surface area contributed by atoms with E-state index in [4.69, 9.17) is 5.11 Å². The molecule has 20 heavy (non-hydrogen) atoms. The summed E-state index contributed by atoms with van der Waals surface area (Å²) in [5, 5.41) is 21.7. The van der Waals surface area contributed by atoms with Crippen LogP contribution in [0.2, 0.25) is 0 Å². The molecule has 0 saturated heterocycles. The van der Waals surface area contributed by atoms with Gasteiger partial charge in [-0.2, -0.15) is 0 Å². The van der Waals surface area contributed by atoms with Crippen LogP contribution in [0.4, 0.5) is 0 Å². The second-order valence-corrected chi connectivity index (χ2v) is 7.00. The fourth-order valence-corrected chi connectivity index (χ4v) is 2.87. The van der Waals surface area contributed by atoms with E-state index in [0.29, 0.717) is 19.3 Å². The summed E-state index contributed by atoms with van der Waals surface area (Å²) in [6, 6.07) is 0. The normalized spacial score (nSPS) is 25.0. The van der Waals surface area contributed by atoms with Gasteiger partial charge in [-0.3, -0.25) is 9.59 Å². The summed E-state index contributed by atoms with van der Waals surface area (Å²) in [6.07, 6.45) is 2.96. The molecule has 0 aromatic rings. The van der Waals surface area contributed by atoms with E-state index in [1.807, 2.05) is 20.8 Å². The zero-order chi connectivity index (χ0) is 15.3. The second-order valence-electron chi connectivity index (χ2n) is 7.00. The number of carbonyl (C=O) groups is 2. The topological polar surface area (TPSA) is 86.6 Å². The molecular formula is C15H27NO4. The lowest BCUT2D eigenvalue weighted by atomic mass is 9.78. The highest BCUT2D eigenvalue weighted by atomic mass is 16.4. The van der Waals surface area contributed by atoms with E-state index in [1.165, 1.54) is 0 Å². The van der Waals surface area contributed by atoms with Crippen molar-refractivity contribution in [3.05, 3.63) is 0 Å². The molecule has 1 aliphatic rings. The van der Waals surface area contributed by atoms with Crippen LogP contribution in [0.25, 0.3) is 0 Å². The number of rotatable bonds is 5. The monoisotopic (exact) mass is 285 g/mol. The van der Waals surface area contributed by atoms with Crippen molar-refractivity contribution < 1.29 is 19.8 Å². The summed E-state index contributed by atoms with van der Waals surface area (Å²) in [5.41, 5.74) is -0.00141. The smallest absolute Gasteiger partial charge is 0.307 e. The van der Waals surface area contributed by atoms with Crippen molar-refractivity contribution >= 4 is 11.9 Å². The third-order valence-electron chi connectivity index (χ3n) is 3.78. The molecule has 1 saturated carbocycles. The Labute approximate surface area is 120 Å². The number of carbonyl (C=O) groups excluding carboxylic acids is 1. The van der Waals surface area contributed by atoms with Gasteiger partial charge >= 0.3 is 5.97 Å². The standard InChI is InChI=1S/C15H27NO4/c1-15(2,3)8-10(17)9-16-13(18)11-6-4-5-7-12(11)14(19)20/h10-12,17H,4-9H2,1-3H3,(H,16,18)(H,19,20)/t10?,11-,12+/m1/s1. The zero-order valence-electron chi connectivity index (χ0n) is 12.7. The van der Waals surface area contributed by atoms with E-state index in [1.54, 1.807) is 0 Å². The van der Waals surface area contributed by atoms with Crippen molar-refractivity contribution in [1.82, 2.24) is 5.32 Å². The first-order valence-corrected chi connectivity index (χ1v) is 7.39. The Hall–Kier alpha value is -1.10. The summed E-state index contributed by atoms with van der Waals surface area (Å²) in [6.45, 7) is 6.28. The molecule has 0 heterocycles. The first-order chi connectivity index (χ1) is 9.20. The first-order valence-electron chi connectivity index (χ1n) is 7.39. The number of hydrogen-bond acceptors (Lipinski definition) is 3. The molecule has 1 rings (SSSR count). The van der Waals surface area contributed by atoms with Crippen LogP contribution >= 0.6 is 0 Å². The molecule has 0 aliphatic heterocycles. The van der Waals surface area contributed by atoms with Gasteiger partial charge in [0.2, 0.25) is 5.91 Å². The Balaban J connectivity index is 2.46. The molecule has 0 bridgehead atoms. The average molecular weight is 285 g/mol. The summed E-state index contributed by atoms with van der Waals surface area (Å²) in [7, 11) is 0. The van der Waals surface area contributed by atoms with Crippen molar-refractivity contribution in [3.63, 3.8) is 0 Å². The average Bonchev–Trinajstić information content (AvgIpc) is 2.33. The van der Waals surface area contributed by atoms with Crippen molar-refractivity contribution in [1.29, 1.82) is 0 Å². The number of hydrogen-bond donors (Lipinski definition) is 3. The number of aliphatic carboxylic acids is 1. The van der Waals surface area contributed by atoms with Crippen LogP contribution in [0.5, 0.6) is 0 Å². The van der Waals surface area contributed by atoms with E-state index in [2.05, 4.69) is 5.32 Å². The number of carboxylic acid groups (broad SMARTS) is 1. The molecule has 5 heteroatoms. The molecule has 1 fully saturated rings. The van der Waals surface area contributed by atoms with E-state index in [9.17, 15) is 14.7 Å². The first kappa shape index (κ1) is 17.0. The number of amides is 1. The van der Waals surface area contributed by atoms with Crippen molar-refractivity contribution in [3.8, 4) is 0 Å². The molecule has 0 aromatic heterocycles. The van der Waals surface area contributed by atoms with Gasteiger partial charge in [-0.25, -0.2) is 0 Å². The molecule has 1 unspecified atom stereocenters. The molecule has 1 amide bonds. The van der Waals surface area contributed by atoms with Crippen molar-refractivity contribution in [2.24, 2.45) is 17.3 Å². The Bertz CT molecular complexity index is 348. The Kier molecular flexibility index (Phi) is 5.99. The van der Waals surface area contributed by atoms with E-state index in [0.717, 1.165) is 12.8 Å². The molecule has 0 radical (unpaired) electrons. The summed E-state index contributed by atoms with van der Waals surface area (Å²) in [5.74, 6) is -2.16. The summed E-state index contributed by atoms with van der Waals surface area (Å²) >= 11 is 0. The van der Waals surface area contributed by atoms with E-state index >= 15 is 0 Å². The third-order valence-corrected chi connectivity index (χ3v) is 3.78. The maximum atomic E-state index is 12.1. The Morgan fingerprint density at radius 3 is 2.25 bits per heavy atom. The molecule has 3 N–H and O–H groups in total. The van der Waals surface area contributed by atoms with Gasteiger partial charge in [0, 0.05) is 6.54 Å². The number of nitrogens with one attached hydrogen (secondary N) is 1. The predicted molar refractivity (Wildman–Crippen MR) is 76.2 cm³/mol. The zero-order valence-corrected chi connectivity index (χ0v) is 12.7. The third kappa shape index (κ3) is 5.49. The largest absolute Gasteiger partial charge is 0.481 e. The lowest BCUT2D eigenvalue weighted by molar-refractivity contribution is -0.149. The summed E-state index contributed by atoms with van der Waals surface area (Å²) < 4.78 is 0. The Morgan fingerprint density at radius 2 is 1.75 bits per heavy atom. The van der Waals surface area contributed by atoms with E-state index in [-0.39, 0.29) is 17.9 Å². The molecule has 5 nitrogen and oxygen atoms in total. The number of aliphatic hydroxyl groups excluding tert-OH is 1. The maximum absolute atomic E-state index is 12.1. The minimum Gasteiger partial charge on any atom is -0.481 e. The van der Waals surface area contributed by atoms with Crippen LogP contribution in [0.1, 0.15) is 52.9 Å². The van der Waals surface area contributed by atoms with Crippen LogP contribution in [0.3, 0.4) is 0 Å². The quantitative estimate of drug-likeness (QED) is 0.718. The van der Waals surface area contributed by atoms with Gasteiger partial charge in [0.15, 0.2) is 0 Å². The van der Waals surface area contributed by atoms with Crippen LogP contribution in [0, 0.1) is 17.3 Å². The van der Waals surface area contributed by atoms with Crippen LogP contribution < -0.4 is 5.32 Å². The number of aliphatic hydroxyl groups is 1. The highest BCUT2D eigenvalue weighted by Crippen LogP contribution is 2.30. The molecule has 0 aromatic carbocycles. The van der Waals surface area contributed by atoms with Crippen molar-refractivity contribution in [2.45, 2.75) is 59.0 Å². The van der Waals surface area contributed by atoms with E-state index < -0.39 is 23.9 Å².